The number of nitrogens with zero attached hydrogens (tertiary/aromatic N) is 4. The van der Waals surface area contributed by atoms with Gasteiger partial charge in [-0.05, 0) is 20.3 Å². The third kappa shape index (κ3) is 3.26. The molecule has 6 heteroatoms. The minimum absolute atomic E-state index is 0.0191. The minimum atomic E-state index is -0.261. The Morgan fingerprint density at radius 2 is 2.30 bits per heavy atom. The van der Waals surface area contributed by atoms with Gasteiger partial charge in [0.05, 0.1) is 6.20 Å². The molecule has 0 aromatic carbocycles. The van der Waals surface area contributed by atoms with E-state index in [1.807, 2.05) is 35.5 Å². The van der Waals surface area contributed by atoms with E-state index in [1.165, 1.54) is 0 Å². The highest BCUT2D eigenvalue weighted by molar-refractivity contribution is 5.79. The molecule has 1 N–H and O–H groups in total. The first-order valence-corrected chi connectivity index (χ1v) is 6.90. The van der Waals surface area contributed by atoms with Crippen molar-refractivity contribution >= 4 is 5.91 Å². The molecule has 1 unspecified atom stereocenters. The monoisotopic (exact) mass is 275 g/mol. The maximum Gasteiger partial charge on any atom is 0.243 e. The lowest BCUT2D eigenvalue weighted by atomic mass is 10.3. The Morgan fingerprint density at radius 3 is 2.95 bits per heavy atom. The van der Waals surface area contributed by atoms with Gasteiger partial charge in [-0.2, -0.15) is 5.10 Å². The first-order chi connectivity index (χ1) is 9.61. The molecular weight excluding hydrogens is 254 g/mol. The van der Waals surface area contributed by atoms with Crippen LogP contribution in [-0.4, -0.2) is 25.2 Å². The summed E-state index contributed by atoms with van der Waals surface area (Å²) in [4.78, 5) is 16.2. The number of imidazole rings is 1. The Labute approximate surface area is 118 Å². The van der Waals surface area contributed by atoms with Gasteiger partial charge in [-0.1, -0.05) is 6.92 Å². The highest BCUT2D eigenvalue weighted by atomic mass is 16.2. The number of aromatic nitrogens is 4. The molecule has 1 atom stereocenters. The van der Waals surface area contributed by atoms with Crippen molar-refractivity contribution in [2.75, 3.05) is 0 Å². The predicted octanol–water partition coefficient (Wildman–Crippen LogP) is 1.68. The molecule has 0 spiro atoms. The van der Waals surface area contributed by atoms with Crippen LogP contribution in [0.2, 0.25) is 0 Å². The smallest absolute Gasteiger partial charge is 0.243 e. The SMILES string of the molecule is CCCn1cc(CNC(=O)C(C)n2ccnc2C)cn1. The van der Waals surface area contributed by atoms with Crippen LogP contribution in [-0.2, 0) is 17.9 Å². The normalized spacial score (nSPS) is 12.3. The van der Waals surface area contributed by atoms with Gasteiger partial charge in [0, 0.05) is 37.2 Å². The Kier molecular flexibility index (Phi) is 4.55. The second-order valence-corrected chi connectivity index (χ2v) is 4.89. The van der Waals surface area contributed by atoms with Crippen LogP contribution in [0.4, 0.5) is 0 Å². The van der Waals surface area contributed by atoms with Crippen molar-refractivity contribution < 1.29 is 4.79 Å². The molecule has 0 saturated carbocycles. The van der Waals surface area contributed by atoms with Crippen molar-refractivity contribution in [2.45, 2.75) is 46.3 Å². The zero-order valence-corrected chi connectivity index (χ0v) is 12.2. The maximum absolute atomic E-state index is 12.1. The first kappa shape index (κ1) is 14.3. The third-order valence-electron chi connectivity index (χ3n) is 3.27. The van der Waals surface area contributed by atoms with Gasteiger partial charge in [-0.25, -0.2) is 4.98 Å². The molecule has 20 heavy (non-hydrogen) atoms. The van der Waals surface area contributed by atoms with Crippen molar-refractivity contribution in [1.82, 2.24) is 24.6 Å². The molecule has 0 bridgehead atoms. The summed E-state index contributed by atoms with van der Waals surface area (Å²) in [7, 11) is 0. The predicted molar refractivity (Wildman–Crippen MR) is 76.0 cm³/mol. The summed E-state index contributed by atoms with van der Waals surface area (Å²) in [6, 6.07) is -0.261. The first-order valence-electron chi connectivity index (χ1n) is 6.90. The molecule has 0 aliphatic carbocycles. The zero-order chi connectivity index (χ0) is 14.5. The highest BCUT2D eigenvalue weighted by Crippen LogP contribution is 2.09. The third-order valence-corrected chi connectivity index (χ3v) is 3.27. The molecule has 2 aromatic heterocycles. The van der Waals surface area contributed by atoms with E-state index in [2.05, 4.69) is 22.3 Å². The van der Waals surface area contributed by atoms with Gasteiger partial charge < -0.3 is 9.88 Å². The minimum Gasteiger partial charge on any atom is -0.350 e. The number of carbonyl (C=O) groups excluding carboxylic acids is 1. The summed E-state index contributed by atoms with van der Waals surface area (Å²) in [6.07, 6.45) is 8.33. The van der Waals surface area contributed by atoms with Crippen LogP contribution < -0.4 is 5.32 Å². The van der Waals surface area contributed by atoms with Crippen LogP contribution in [0.25, 0.3) is 0 Å². The molecular formula is C14H21N5O. The van der Waals surface area contributed by atoms with E-state index in [0.717, 1.165) is 24.4 Å². The number of amides is 1. The fourth-order valence-corrected chi connectivity index (χ4v) is 2.11. The average molecular weight is 275 g/mol. The standard InChI is InChI=1S/C14H21N5O/c1-4-6-18-10-13(9-17-18)8-16-14(20)11(2)19-7-5-15-12(19)3/h5,7,9-11H,4,6,8H2,1-3H3,(H,16,20). The lowest BCUT2D eigenvalue weighted by molar-refractivity contribution is -0.124. The van der Waals surface area contributed by atoms with Crippen LogP contribution in [0, 0.1) is 6.92 Å². The molecule has 6 nitrogen and oxygen atoms in total. The Bertz CT molecular complexity index is 572. The fourth-order valence-electron chi connectivity index (χ4n) is 2.11. The van der Waals surface area contributed by atoms with Crippen LogP contribution in [0.1, 0.15) is 37.7 Å². The van der Waals surface area contributed by atoms with E-state index in [-0.39, 0.29) is 11.9 Å². The van der Waals surface area contributed by atoms with Crippen LogP contribution in [0.5, 0.6) is 0 Å². The van der Waals surface area contributed by atoms with Crippen molar-refractivity contribution in [1.29, 1.82) is 0 Å². The molecule has 0 fully saturated rings. The zero-order valence-electron chi connectivity index (χ0n) is 12.2. The molecule has 0 aliphatic rings. The summed E-state index contributed by atoms with van der Waals surface area (Å²) in [6.45, 7) is 7.26. The summed E-state index contributed by atoms with van der Waals surface area (Å²) in [5.74, 6) is 0.817. The van der Waals surface area contributed by atoms with Gasteiger partial charge in [-0.15, -0.1) is 0 Å². The van der Waals surface area contributed by atoms with Crippen molar-refractivity contribution in [3.05, 3.63) is 36.2 Å². The van der Waals surface area contributed by atoms with Crippen LogP contribution in [0.15, 0.2) is 24.8 Å². The topological polar surface area (TPSA) is 64.7 Å². The summed E-state index contributed by atoms with van der Waals surface area (Å²) >= 11 is 0. The van der Waals surface area contributed by atoms with E-state index in [4.69, 9.17) is 0 Å². The lowest BCUT2D eigenvalue weighted by Gasteiger charge is -2.14. The molecule has 0 saturated heterocycles. The molecule has 108 valence electrons. The fraction of sp³-hybridized carbons (Fsp3) is 0.500. The van der Waals surface area contributed by atoms with Gasteiger partial charge in [0.1, 0.15) is 11.9 Å². The summed E-state index contributed by atoms with van der Waals surface area (Å²) in [5.41, 5.74) is 1.02. The van der Waals surface area contributed by atoms with Crippen molar-refractivity contribution in [3.63, 3.8) is 0 Å². The van der Waals surface area contributed by atoms with Gasteiger partial charge in [0.2, 0.25) is 5.91 Å². The van der Waals surface area contributed by atoms with Crippen LogP contribution >= 0.6 is 0 Å². The molecule has 2 aromatic rings. The van der Waals surface area contributed by atoms with Gasteiger partial charge in [0.15, 0.2) is 0 Å². The molecule has 0 aliphatic heterocycles. The molecule has 0 radical (unpaired) electrons. The van der Waals surface area contributed by atoms with E-state index in [1.54, 1.807) is 12.4 Å². The van der Waals surface area contributed by atoms with E-state index in [9.17, 15) is 4.79 Å². The lowest BCUT2D eigenvalue weighted by Crippen LogP contribution is -2.30. The van der Waals surface area contributed by atoms with Gasteiger partial charge in [-0.3, -0.25) is 9.48 Å². The second kappa shape index (κ2) is 6.36. The van der Waals surface area contributed by atoms with Gasteiger partial charge >= 0.3 is 0 Å². The quantitative estimate of drug-likeness (QED) is 0.872. The number of hydrogen-bond acceptors (Lipinski definition) is 3. The van der Waals surface area contributed by atoms with Crippen molar-refractivity contribution in [3.8, 4) is 0 Å². The molecule has 2 heterocycles. The van der Waals surface area contributed by atoms with Crippen molar-refractivity contribution in [2.24, 2.45) is 0 Å². The Hall–Kier alpha value is -2.11. The average Bonchev–Trinajstić information content (AvgIpc) is 3.05. The van der Waals surface area contributed by atoms with Crippen LogP contribution in [0.3, 0.4) is 0 Å². The Morgan fingerprint density at radius 1 is 1.50 bits per heavy atom. The molecule has 2 rings (SSSR count). The number of hydrogen-bond donors (Lipinski definition) is 1. The highest BCUT2D eigenvalue weighted by Gasteiger charge is 2.15. The molecule has 1 amide bonds. The Balaban J connectivity index is 1.90. The summed E-state index contributed by atoms with van der Waals surface area (Å²) in [5, 5.41) is 7.17. The number of nitrogens with one attached hydrogen (secondary N) is 1. The number of rotatable bonds is 6. The second-order valence-electron chi connectivity index (χ2n) is 4.89. The van der Waals surface area contributed by atoms with E-state index < -0.39 is 0 Å². The van der Waals surface area contributed by atoms with E-state index in [0.29, 0.717) is 6.54 Å². The number of aryl methyl sites for hydroxylation is 2. The maximum atomic E-state index is 12.1. The van der Waals surface area contributed by atoms with E-state index >= 15 is 0 Å². The largest absolute Gasteiger partial charge is 0.350 e. The number of carbonyl (C=O) groups is 1. The summed E-state index contributed by atoms with van der Waals surface area (Å²) < 4.78 is 3.75. The van der Waals surface area contributed by atoms with Gasteiger partial charge in [0.25, 0.3) is 0 Å².